The summed E-state index contributed by atoms with van der Waals surface area (Å²) in [5, 5.41) is 14.0. The molecule has 2 fully saturated rings. The van der Waals surface area contributed by atoms with Gasteiger partial charge in [0, 0.05) is 17.6 Å². The summed E-state index contributed by atoms with van der Waals surface area (Å²) in [5.41, 5.74) is 1.71. The molecule has 2 saturated heterocycles. The molecule has 2 heterocycles. The molecule has 3 rings (SSSR count). The number of nitrogens with one attached hydrogen (secondary N) is 1. The molecular formula is C15H16NO4-. The van der Waals surface area contributed by atoms with Gasteiger partial charge in [-0.25, -0.2) is 0 Å². The third kappa shape index (κ3) is 2.18. The van der Waals surface area contributed by atoms with Gasteiger partial charge >= 0.3 is 0 Å². The van der Waals surface area contributed by atoms with E-state index in [1.54, 1.807) is 6.07 Å². The molecule has 4 atom stereocenters. The van der Waals surface area contributed by atoms with E-state index in [1.807, 2.05) is 25.1 Å². The molecule has 1 aromatic carbocycles. The Morgan fingerprint density at radius 2 is 1.95 bits per heavy atom. The quantitative estimate of drug-likeness (QED) is 0.869. The van der Waals surface area contributed by atoms with Crippen LogP contribution >= 0.6 is 0 Å². The first-order chi connectivity index (χ1) is 9.56. The van der Waals surface area contributed by atoms with Crippen molar-refractivity contribution < 1.29 is 19.4 Å². The Hall–Kier alpha value is -1.88. The fourth-order valence-corrected chi connectivity index (χ4v) is 3.26. The molecule has 20 heavy (non-hydrogen) atoms. The van der Waals surface area contributed by atoms with Crippen LogP contribution in [-0.2, 0) is 14.3 Å². The highest BCUT2D eigenvalue weighted by Gasteiger charge is 2.52. The van der Waals surface area contributed by atoms with Crippen LogP contribution in [0.3, 0.4) is 0 Å². The zero-order chi connectivity index (χ0) is 14.3. The molecule has 1 amide bonds. The minimum absolute atomic E-state index is 0.294. The van der Waals surface area contributed by atoms with Gasteiger partial charge in [-0.3, -0.25) is 4.79 Å². The van der Waals surface area contributed by atoms with Gasteiger partial charge < -0.3 is 20.0 Å². The van der Waals surface area contributed by atoms with Crippen LogP contribution in [0, 0.1) is 18.8 Å². The highest BCUT2D eigenvalue weighted by molar-refractivity contribution is 5.96. The first-order valence-corrected chi connectivity index (χ1v) is 6.80. The van der Waals surface area contributed by atoms with Crippen molar-refractivity contribution in [1.29, 1.82) is 0 Å². The molecule has 2 aliphatic rings. The van der Waals surface area contributed by atoms with Gasteiger partial charge in [0.2, 0.25) is 5.91 Å². The molecule has 0 saturated carbocycles. The Bertz CT molecular complexity index is 557. The van der Waals surface area contributed by atoms with Gasteiger partial charge in [-0.1, -0.05) is 12.1 Å². The normalized spacial score (nSPS) is 31.2. The minimum atomic E-state index is -1.19. The standard InChI is InChI=1S/C15H17NO4/c1-8-3-2-4-9(7-8)16-14(17)12-10-5-6-11(20-10)13(12)15(18)19/h2-4,7,10-13H,5-6H2,1H3,(H,16,17)(H,18,19)/p-1/t10-,11+,12-,13+/m1/s1. The summed E-state index contributed by atoms with van der Waals surface area (Å²) in [5.74, 6) is -2.98. The maximum absolute atomic E-state index is 12.3. The molecule has 1 aromatic rings. The van der Waals surface area contributed by atoms with E-state index < -0.39 is 17.8 Å². The van der Waals surface area contributed by atoms with E-state index in [2.05, 4.69) is 5.32 Å². The summed E-state index contributed by atoms with van der Waals surface area (Å²) < 4.78 is 5.56. The largest absolute Gasteiger partial charge is 0.550 e. The Morgan fingerprint density at radius 1 is 1.25 bits per heavy atom. The number of ether oxygens (including phenoxy) is 1. The highest BCUT2D eigenvalue weighted by Crippen LogP contribution is 2.43. The van der Waals surface area contributed by atoms with Crippen molar-refractivity contribution in [3.8, 4) is 0 Å². The number of hydrogen-bond donors (Lipinski definition) is 1. The third-order valence-corrected chi connectivity index (χ3v) is 4.13. The van der Waals surface area contributed by atoms with Crippen LogP contribution in [-0.4, -0.2) is 24.1 Å². The number of carboxylic acids is 1. The van der Waals surface area contributed by atoms with E-state index in [9.17, 15) is 14.7 Å². The van der Waals surface area contributed by atoms with Crippen LogP contribution < -0.4 is 10.4 Å². The lowest BCUT2D eigenvalue weighted by Gasteiger charge is -2.27. The van der Waals surface area contributed by atoms with Crippen LogP contribution in [0.15, 0.2) is 24.3 Å². The maximum atomic E-state index is 12.3. The van der Waals surface area contributed by atoms with Crippen molar-refractivity contribution in [2.45, 2.75) is 32.0 Å². The predicted octanol–water partition coefficient (Wildman–Crippen LogP) is 0.477. The van der Waals surface area contributed by atoms with E-state index in [-0.39, 0.29) is 18.1 Å². The number of anilines is 1. The predicted molar refractivity (Wildman–Crippen MR) is 69.7 cm³/mol. The molecule has 0 unspecified atom stereocenters. The zero-order valence-corrected chi connectivity index (χ0v) is 11.2. The maximum Gasteiger partial charge on any atom is 0.230 e. The number of carbonyl (C=O) groups excluding carboxylic acids is 2. The second kappa shape index (κ2) is 4.90. The lowest BCUT2D eigenvalue weighted by molar-refractivity contribution is -0.313. The lowest BCUT2D eigenvalue weighted by Crippen LogP contribution is -2.46. The average Bonchev–Trinajstić information content (AvgIpc) is 2.98. The summed E-state index contributed by atoms with van der Waals surface area (Å²) in [7, 11) is 0. The van der Waals surface area contributed by atoms with E-state index in [0.717, 1.165) is 12.0 Å². The first-order valence-electron chi connectivity index (χ1n) is 6.80. The highest BCUT2D eigenvalue weighted by atomic mass is 16.5. The molecule has 2 aliphatic heterocycles. The van der Waals surface area contributed by atoms with Crippen molar-refractivity contribution in [2.75, 3.05) is 5.32 Å². The number of aliphatic carboxylic acids is 1. The molecule has 2 bridgehead atoms. The van der Waals surface area contributed by atoms with E-state index >= 15 is 0 Å². The SMILES string of the molecule is Cc1cccc(NC(=O)[C@H]2[C@@H](C(=O)[O-])[C@@H]3CC[C@H]2O3)c1. The minimum Gasteiger partial charge on any atom is -0.550 e. The summed E-state index contributed by atoms with van der Waals surface area (Å²) >= 11 is 0. The van der Waals surface area contributed by atoms with Gasteiger partial charge in [0.15, 0.2) is 0 Å². The van der Waals surface area contributed by atoms with Crippen LogP contribution in [0.1, 0.15) is 18.4 Å². The average molecular weight is 274 g/mol. The van der Waals surface area contributed by atoms with Gasteiger partial charge in [-0.15, -0.1) is 0 Å². The number of rotatable bonds is 3. The van der Waals surface area contributed by atoms with E-state index in [1.165, 1.54) is 0 Å². The Balaban J connectivity index is 1.78. The van der Waals surface area contributed by atoms with Crippen molar-refractivity contribution in [1.82, 2.24) is 0 Å². The molecule has 1 N–H and O–H groups in total. The number of aryl methyl sites for hydroxylation is 1. The van der Waals surface area contributed by atoms with Gasteiger partial charge in [-0.05, 0) is 37.5 Å². The van der Waals surface area contributed by atoms with Gasteiger partial charge in [-0.2, -0.15) is 0 Å². The monoisotopic (exact) mass is 274 g/mol. The second-order valence-corrected chi connectivity index (χ2v) is 5.52. The van der Waals surface area contributed by atoms with Crippen LogP contribution in [0.2, 0.25) is 0 Å². The van der Waals surface area contributed by atoms with E-state index in [0.29, 0.717) is 12.1 Å². The Morgan fingerprint density at radius 3 is 2.60 bits per heavy atom. The molecule has 0 radical (unpaired) electrons. The summed E-state index contributed by atoms with van der Waals surface area (Å²) in [4.78, 5) is 23.6. The smallest absolute Gasteiger partial charge is 0.230 e. The number of amides is 1. The number of fused-ring (bicyclic) bond motifs is 2. The van der Waals surface area contributed by atoms with Crippen LogP contribution in [0.25, 0.3) is 0 Å². The molecule has 0 aromatic heterocycles. The molecule has 5 heteroatoms. The van der Waals surface area contributed by atoms with Crippen molar-refractivity contribution in [2.24, 2.45) is 11.8 Å². The second-order valence-electron chi connectivity index (χ2n) is 5.52. The summed E-state index contributed by atoms with van der Waals surface area (Å²) in [6.45, 7) is 1.93. The topological polar surface area (TPSA) is 78.5 Å². The molecule has 5 nitrogen and oxygen atoms in total. The fraction of sp³-hybridized carbons (Fsp3) is 0.467. The fourth-order valence-electron chi connectivity index (χ4n) is 3.26. The number of benzene rings is 1. The van der Waals surface area contributed by atoms with Gasteiger partial charge in [0.25, 0.3) is 0 Å². The van der Waals surface area contributed by atoms with Crippen molar-refractivity contribution in [3.05, 3.63) is 29.8 Å². The first kappa shape index (κ1) is 13.1. The number of carboxylic acid groups (broad SMARTS) is 1. The third-order valence-electron chi connectivity index (χ3n) is 4.13. The molecular weight excluding hydrogens is 258 g/mol. The Kier molecular flexibility index (Phi) is 3.22. The summed E-state index contributed by atoms with van der Waals surface area (Å²) in [6, 6.07) is 7.41. The molecule has 106 valence electrons. The molecule has 0 spiro atoms. The van der Waals surface area contributed by atoms with Gasteiger partial charge in [0.05, 0.1) is 18.1 Å². The van der Waals surface area contributed by atoms with E-state index in [4.69, 9.17) is 4.74 Å². The number of hydrogen-bond acceptors (Lipinski definition) is 4. The van der Waals surface area contributed by atoms with Crippen LogP contribution in [0.4, 0.5) is 5.69 Å². The zero-order valence-electron chi connectivity index (χ0n) is 11.2. The molecule has 0 aliphatic carbocycles. The summed E-state index contributed by atoms with van der Waals surface area (Å²) in [6.07, 6.45) is 0.753. The lowest BCUT2D eigenvalue weighted by atomic mass is 9.78. The van der Waals surface area contributed by atoms with Crippen molar-refractivity contribution in [3.63, 3.8) is 0 Å². The van der Waals surface area contributed by atoms with Gasteiger partial charge in [0.1, 0.15) is 0 Å². The van der Waals surface area contributed by atoms with Crippen molar-refractivity contribution >= 4 is 17.6 Å². The number of carbonyl (C=O) groups is 2. The Labute approximate surface area is 116 Å². The van der Waals surface area contributed by atoms with Crippen LogP contribution in [0.5, 0.6) is 0 Å².